The van der Waals surface area contributed by atoms with Crippen molar-refractivity contribution in [2.24, 2.45) is 0 Å². The van der Waals surface area contributed by atoms with Crippen LogP contribution in [0, 0.1) is 5.82 Å². The molecule has 1 N–H and O–H groups in total. The lowest BCUT2D eigenvalue weighted by atomic mass is 10.1. The molecule has 0 saturated heterocycles. The second-order valence-corrected chi connectivity index (χ2v) is 6.75. The fourth-order valence-corrected chi connectivity index (χ4v) is 3.08. The van der Waals surface area contributed by atoms with Crippen molar-refractivity contribution in [1.29, 1.82) is 0 Å². The van der Waals surface area contributed by atoms with Crippen LogP contribution in [0.3, 0.4) is 0 Å². The number of nitrogens with one attached hydrogen (secondary N) is 1. The molecule has 31 heavy (non-hydrogen) atoms. The number of benzene rings is 3. The van der Waals surface area contributed by atoms with Crippen LogP contribution in [-0.4, -0.2) is 22.7 Å². The average Bonchev–Trinajstić information content (AvgIpc) is 3.26. The van der Waals surface area contributed by atoms with E-state index < -0.39 is 0 Å². The zero-order chi connectivity index (χ0) is 21.6. The Morgan fingerprint density at radius 3 is 2.39 bits per heavy atom. The van der Waals surface area contributed by atoms with E-state index in [-0.39, 0.29) is 11.6 Å². The van der Waals surface area contributed by atoms with Gasteiger partial charge in [-0.1, -0.05) is 18.2 Å². The van der Waals surface area contributed by atoms with Gasteiger partial charge in [0.2, 0.25) is 0 Å². The molecule has 0 aliphatic rings. The molecule has 4 rings (SSSR count). The Morgan fingerprint density at radius 1 is 1.00 bits per heavy atom. The van der Waals surface area contributed by atoms with E-state index >= 15 is 0 Å². The van der Waals surface area contributed by atoms with Crippen LogP contribution in [0.5, 0.6) is 5.75 Å². The molecule has 0 saturated carbocycles. The minimum absolute atomic E-state index is 0.220. The number of carbonyl (C=O) groups is 1. The zero-order valence-electron chi connectivity index (χ0n) is 16.8. The number of para-hydroxylation sites is 1. The molecular formula is C25H20FN3O2. The van der Waals surface area contributed by atoms with Gasteiger partial charge in [-0.15, -0.1) is 0 Å². The Labute approximate surface area is 179 Å². The minimum Gasteiger partial charge on any atom is -0.497 e. The summed E-state index contributed by atoms with van der Waals surface area (Å²) < 4.78 is 20.2. The Kier molecular flexibility index (Phi) is 5.89. The van der Waals surface area contributed by atoms with Gasteiger partial charge in [0.15, 0.2) is 5.78 Å². The summed E-state index contributed by atoms with van der Waals surface area (Å²) in [6.45, 7) is 0. The first-order valence-corrected chi connectivity index (χ1v) is 9.66. The van der Waals surface area contributed by atoms with Crippen molar-refractivity contribution < 1.29 is 13.9 Å². The largest absolute Gasteiger partial charge is 0.497 e. The number of carbonyl (C=O) groups excluding carboxylic acids is 1. The highest BCUT2D eigenvalue weighted by molar-refractivity contribution is 6.08. The predicted molar refractivity (Wildman–Crippen MR) is 119 cm³/mol. The standard InChI is InChI=1S/C25H20FN3O2/c1-31-22-13-11-20(12-14-22)27-16-15-24(30)23-17-29(21-5-3-2-4-6-21)28-25(23)18-7-9-19(26)10-8-18/h2-17,27H,1H3/b16-15-. The topological polar surface area (TPSA) is 56.1 Å². The number of halogens is 1. The molecule has 0 amide bonds. The van der Waals surface area contributed by atoms with Crippen LogP contribution in [-0.2, 0) is 0 Å². The Hall–Kier alpha value is -4.19. The molecule has 1 aromatic heterocycles. The zero-order valence-corrected chi connectivity index (χ0v) is 16.8. The number of hydrogen-bond donors (Lipinski definition) is 1. The van der Waals surface area contributed by atoms with Crippen LogP contribution in [0.25, 0.3) is 16.9 Å². The van der Waals surface area contributed by atoms with Crippen molar-refractivity contribution in [1.82, 2.24) is 9.78 Å². The highest BCUT2D eigenvalue weighted by Crippen LogP contribution is 2.25. The summed E-state index contributed by atoms with van der Waals surface area (Å²) in [5.41, 5.74) is 3.22. The van der Waals surface area contributed by atoms with E-state index in [0.717, 1.165) is 17.1 Å². The van der Waals surface area contributed by atoms with Crippen LogP contribution in [0.2, 0.25) is 0 Å². The molecule has 3 aromatic carbocycles. The minimum atomic E-state index is -0.345. The van der Waals surface area contributed by atoms with Gasteiger partial charge in [0.1, 0.15) is 17.3 Å². The number of hydrogen-bond acceptors (Lipinski definition) is 4. The number of ketones is 1. The summed E-state index contributed by atoms with van der Waals surface area (Å²) in [7, 11) is 1.61. The van der Waals surface area contributed by atoms with E-state index in [9.17, 15) is 9.18 Å². The van der Waals surface area contributed by atoms with Gasteiger partial charge in [-0.05, 0) is 60.7 Å². The molecular weight excluding hydrogens is 393 g/mol. The van der Waals surface area contributed by atoms with Gasteiger partial charge in [-0.25, -0.2) is 9.07 Å². The average molecular weight is 413 g/mol. The van der Waals surface area contributed by atoms with Crippen LogP contribution >= 0.6 is 0 Å². The van der Waals surface area contributed by atoms with Gasteiger partial charge < -0.3 is 10.1 Å². The smallest absolute Gasteiger partial charge is 0.191 e. The summed E-state index contributed by atoms with van der Waals surface area (Å²) in [5.74, 6) is 0.188. The lowest BCUT2D eigenvalue weighted by Crippen LogP contribution is -1.97. The molecule has 0 unspecified atom stereocenters. The second kappa shape index (κ2) is 9.09. The van der Waals surface area contributed by atoms with Crippen molar-refractivity contribution in [3.63, 3.8) is 0 Å². The number of rotatable bonds is 7. The summed E-state index contributed by atoms with van der Waals surface area (Å²) in [6, 6.07) is 22.8. The highest BCUT2D eigenvalue weighted by atomic mass is 19.1. The van der Waals surface area contributed by atoms with Crippen LogP contribution in [0.1, 0.15) is 10.4 Å². The molecule has 6 heteroatoms. The first kappa shape index (κ1) is 20.1. The van der Waals surface area contributed by atoms with Crippen molar-refractivity contribution in [2.45, 2.75) is 0 Å². The Balaban J connectivity index is 1.62. The van der Waals surface area contributed by atoms with Crippen LogP contribution < -0.4 is 10.1 Å². The van der Waals surface area contributed by atoms with Crippen molar-refractivity contribution in [2.75, 3.05) is 12.4 Å². The number of anilines is 1. The van der Waals surface area contributed by atoms with Gasteiger partial charge in [-0.2, -0.15) is 5.10 Å². The van der Waals surface area contributed by atoms with E-state index in [0.29, 0.717) is 16.8 Å². The maximum Gasteiger partial charge on any atom is 0.191 e. The van der Waals surface area contributed by atoms with Crippen molar-refractivity contribution in [3.05, 3.63) is 109 Å². The molecule has 0 fully saturated rings. The summed E-state index contributed by atoms with van der Waals surface area (Å²) in [5, 5.41) is 7.66. The van der Waals surface area contributed by atoms with E-state index in [1.165, 1.54) is 18.2 Å². The maximum atomic E-state index is 13.4. The summed E-state index contributed by atoms with van der Waals surface area (Å²) >= 11 is 0. The van der Waals surface area contributed by atoms with Crippen LogP contribution in [0.4, 0.5) is 10.1 Å². The van der Waals surface area contributed by atoms with Crippen molar-refractivity contribution >= 4 is 11.5 Å². The molecule has 0 spiro atoms. The second-order valence-electron chi connectivity index (χ2n) is 6.75. The number of aromatic nitrogens is 2. The number of nitrogens with zero attached hydrogens (tertiary/aromatic N) is 2. The molecule has 5 nitrogen and oxygen atoms in total. The van der Waals surface area contributed by atoms with Gasteiger partial charge >= 0.3 is 0 Å². The molecule has 1 heterocycles. The third-order valence-corrected chi connectivity index (χ3v) is 4.69. The monoisotopic (exact) mass is 413 g/mol. The molecule has 154 valence electrons. The molecule has 0 aliphatic heterocycles. The van der Waals surface area contributed by atoms with E-state index in [1.54, 1.807) is 36.3 Å². The molecule has 0 aliphatic carbocycles. The van der Waals surface area contributed by atoms with Gasteiger partial charge in [0, 0.05) is 29.7 Å². The molecule has 0 bridgehead atoms. The number of ether oxygens (including phenoxy) is 1. The van der Waals surface area contributed by atoms with Gasteiger partial charge in [0.05, 0.1) is 18.4 Å². The molecule has 4 aromatic rings. The normalized spacial score (nSPS) is 10.9. The van der Waals surface area contributed by atoms with Crippen LogP contribution in [0.15, 0.2) is 97.3 Å². The number of allylic oxidation sites excluding steroid dienone is 1. The Morgan fingerprint density at radius 2 is 1.71 bits per heavy atom. The summed E-state index contributed by atoms with van der Waals surface area (Å²) in [4.78, 5) is 13.0. The SMILES string of the molecule is COc1ccc(N/C=C\C(=O)c2cn(-c3ccccc3)nc2-c2ccc(F)cc2)cc1. The van der Waals surface area contributed by atoms with E-state index in [2.05, 4.69) is 10.4 Å². The molecule has 0 atom stereocenters. The fraction of sp³-hybridized carbons (Fsp3) is 0.0400. The third kappa shape index (κ3) is 4.70. The Bertz CT molecular complexity index is 1200. The van der Waals surface area contributed by atoms with Gasteiger partial charge in [0.25, 0.3) is 0 Å². The first-order chi connectivity index (χ1) is 15.1. The number of methoxy groups -OCH3 is 1. The van der Waals surface area contributed by atoms with Gasteiger partial charge in [-0.3, -0.25) is 4.79 Å². The fourth-order valence-electron chi connectivity index (χ4n) is 3.08. The first-order valence-electron chi connectivity index (χ1n) is 9.66. The van der Waals surface area contributed by atoms with E-state index in [1.807, 2.05) is 54.6 Å². The summed E-state index contributed by atoms with van der Waals surface area (Å²) in [6.07, 6.45) is 4.72. The highest BCUT2D eigenvalue weighted by Gasteiger charge is 2.17. The lowest BCUT2D eigenvalue weighted by Gasteiger charge is -2.03. The third-order valence-electron chi connectivity index (χ3n) is 4.69. The van der Waals surface area contributed by atoms with E-state index in [4.69, 9.17) is 4.74 Å². The maximum absolute atomic E-state index is 13.4. The lowest BCUT2D eigenvalue weighted by molar-refractivity contribution is 0.104. The van der Waals surface area contributed by atoms with Crippen molar-refractivity contribution in [3.8, 4) is 22.7 Å². The quantitative estimate of drug-likeness (QED) is 0.321. The predicted octanol–water partition coefficient (Wildman–Crippen LogP) is 5.50. The molecule has 0 radical (unpaired) electrons.